The van der Waals surface area contributed by atoms with Crippen LogP contribution in [0.4, 0.5) is 0 Å². The fraction of sp³-hybridized carbons (Fsp3) is 0. The fourth-order valence-electron chi connectivity index (χ4n) is 2.17. The Bertz CT molecular complexity index is 866. The SMILES string of the molecule is c1ccc(Sc2sc3ncnn3c2-c2ccccc2)cc1. The van der Waals surface area contributed by atoms with Gasteiger partial charge in [-0.25, -0.2) is 9.50 Å². The average Bonchev–Trinajstić information content (AvgIpc) is 3.09. The lowest BCUT2D eigenvalue weighted by atomic mass is 10.2. The lowest BCUT2D eigenvalue weighted by Crippen LogP contribution is -1.88. The highest BCUT2D eigenvalue weighted by Gasteiger charge is 2.16. The van der Waals surface area contributed by atoms with E-state index in [0.717, 1.165) is 16.2 Å². The molecule has 2 aromatic heterocycles. The van der Waals surface area contributed by atoms with Crippen LogP contribution >= 0.6 is 23.1 Å². The monoisotopic (exact) mass is 309 g/mol. The molecule has 0 unspecified atom stereocenters. The molecule has 0 saturated carbocycles. The molecule has 0 aliphatic heterocycles. The maximum atomic E-state index is 4.36. The van der Waals surface area contributed by atoms with Crippen molar-refractivity contribution in [2.75, 3.05) is 0 Å². The van der Waals surface area contributed by atoms with Crippen molar-refractivity contribution >= 4 is 28.1 Å². The van der Waals surface area contributed by atoms with Gasteiger partial charge in [0.05, 0.1) is 9.90 Å². The molecule has 4 aromatic rings. The summed E-state index contributed by atoms with van der Waals surface area (Å²) in [6.07, 6.45) is 1.61. The van der Waals surface area contributed by atoms with Gasteiger partial charge in [0, 0.05) is 10.5 Å². The van der Waals surface area contributed by atoms with Gasteiger partial charge in [-0.2, -0.15) is 5.10 Å². The summed E-state index contributed by atoms with van der Waals surface area (Å²) >= 11 is 3.43. The Morgan fingerprint density at radius 3 is 2.38 bits per heavy atom. The van der Waals surface area contributed by atoms with E-state index in [4.69, 9.17) is 0 Å². The van der Waals surface area contributed by atoms with Crippen LogP contribution < -0.4 is 0 Å². The molecule has 0 amide bonds. The first kappa shape index (κ1) is 12.6. The lowest BCUT2D eigenvalue weighted by molar-refractivity contribution is 0.974. The molecule has 0 aliphatic rings. The smallest absolute Gasteiger partial charge is 0.206 e. The van der Waals surface area contributed by atoms with E-state index in [0.29, 0.717) is 0 Å². The Morgan fingerprint density at radius 2 is 1.62 bits per heavy atom. The van der Waals surface area contributed by atoms with Crippen molar-refractivity contribution in [3.05, 3.63) is 67.0 Å². The molecule has 4 rings (SSSR count). The van der Waals surface area contributed by atoms with Gasteiger partial charge in [-0.05, 0) is 12.1 Å². The van der Waals surface area contributed by atoms with Crippen molar-refractivity contribution in [2.24, 2.45) is 0 Å². The first-order valence-corrected chi connectivity index (χ1v) is 8.16. The van der Waals surface area contributed by atoms with Crippen molar-refractivity contribution in [3.63, 3.8) is 0 Å². The van der Waals surface area contributed by atoms with Crippen LogP contribution in [0.1, 0.15) is 0 Å². The maximum Gasteiger partial charge on any atom is 0.213 e. The summed E-state index contributed by atoms with van der Waals surface area (Å²) in [6, 6.07) is 20.7. The molecule has 0 radical (unpaired) electrons. The number of fused-ring (bicyclic) bond motifs is 1. The Morgan fingerprint density at radius 1 is 0.905 bits per heavy atom. The van der Waals surface area contributed by atoms with Crippen LogP contribution in [0.5, 0.6) is 0 Å². The summed E-state index contributed by atoms with van der Waals surface area (Å²) in [5.41, 5.74) is 2.27. The minimum absolute atomic E-state index is 0.923. The van der Waals surface area contributed by atoms with Crippen molar-refractivity contribution in [2.45, 2.75) is 9.10 Å². The van der Waals surface area contributed by atoms with Gasteiger partial charge >= 0.3 is 0 Å². The number of hydrogen-bond acceptors (Lipinski definition) is 4. The summed E-state index contributed by atoms with van der Waals surface area (Å²) in [6.45, 7) is 0. The van der Waals surface area contributed by atoms with E-state index in [1.165, 1.54) is 9.10 Å². The molecule has 102 valence electrons. The number of rotatable bonds is 3. The molecule has 5 heteroatoms. The molecular formula is C16H11N3S2. The van der Waals surface area contributed by atoms with Crippen molar-refractivity contribution in [3.8, 4) is 11.3 Å². The fourth-order valence-corrected chi connectivity index (χ4v) is 4.45. The van der Waals surface area contributed by atoms with Crippen molar-refractivity contribution in [1.82, 2.24) is 14.6 Å². The van der Waals surface area contributed by atoms with Gasteiger partial charge in [0.2, 0.25) is 4.96 Å². The van der Waals surface area contributed by atoms with E-state index in [1.807, 2.05) is 28.8 Å². The van der Waals surface area contributed by atoms with Gasteiger partial charge in [0.25, 0.3) is 0 Å². The van der Waals surface area contributed by atoms with Gasteiger partial charge in [-0.3, -0.25) is 0 Å². The minimum Gasteiger partial charge on any atom is -0.206 e. The topological polar surface area (TPSA) is 30.2 Å². The Labute approximate surface area is 130 Å². The largest absolute Gasteiger partial charge is 0.213 e. The van der Waals surface area contributed by atoms with E-state index in [9.17, 15) is 0 Å². The van der Waals surface area contributed by atoms with E-state index >= 15 is 0 Å². The van der Waals surface area contributed by atoms with Crippen molar-refractivity contribution in [1.29, 1.82) is 0 Å². The number of nitrogens with zero attached hydrogens (tertiary/aromatic N) is 3. The third kappa shape index (κ3) is 2.34. The summed E-state index contributed by atoms with van der Waals surface area (Å²) in [7, 11) is 0. The minimum atomic E-state index is 0.923. The number of hydrogen-bond donors (Lipinski definition) is 0. The van der Waals surface area contributed by atoms with Crippen LogP contribution in [0.15, 0.2) is 76.1 Å². The van der Waals surface area contributed by atoms with Gasteiger partial charge in [0.15, 0.2) is 0 Å². The Hall–Kier alpha value is -2.11. The predicted molar refractivity (Wildman–Crippen MR) is 86.9 cm³/mol. The van der Waals surface area contributed by atoms with E-state index in [-0.39, 0.29) is 0 Å². The third-order valence-electron chi connectivity index (χ3n) is 3.11. The lowest BCUT2D eigenvalue weighted by Gasteiger charge is -2.04. The zero-order valence-corrected chi connectivity index (χ0v) is 12.6. The second kappa shape index (κ2) is 5.35. The maximum absolute atomic E-state index is 4.36. The number of benzene rings is 2. The molecule has 0 aliphatic carbocycles. The van der Waals surface area contributed by atoms with E-state index in [2.05, 4.69) is 46.5 Å². The Balaban J connectivity index is 1.87. The summed E-state index contributed by atoms with van der Waals surface area (Å²) < 4.78 is 3.13. The Kier molecular flexibility index (Phi) is 3.21. The molecule has 0 N–H and O–H groups in total. The summed E-state index contributed by atoms with van der Waals surface area (Å²) in [4.78, 5) is 6.47. The highest BCUT2D eigenvalue weighted by molar-refractivity contribution is 8.01. The van der Waals surface area contributed by atoms with Crippen LogP contribution in [0.2, 0.25) is 0 Å². The molecule has 0 spiro atoms. The first-order valence-electron chi connectivity index (χ1n) is 6.53. The average molecular weight is 309 g/mol. The van der Waals surface area contributed by atoms with Crippen LogP contribution in [-0.4, -0.2) is 14.6 Å². The second-order valence-electron chi connectivity index (χ2n) is 4.47. The third-order valence-corrected chi connectivity index (χ3v) is 5.33. The van der Waals surface area contributed by atoms with Crippen molar-refractivity contribution < 1.29 is 0 Å². The normalized spacial score (nSPS) is 11.0. The predicted octanol–water partition coefficient (Wildman–Crippen LogP) is 4.61. The molecule has 3 nitrogen and oxygen atoms in total. The van der Waals surface area contributed by atoms with Crippen LogP contribution in [0, 0.1) is 0 Å². The summed E-state index contributed by atoms with van der Waals surface area (Å²) in [5, 5.41) is 4.36. The van der Waals surface area contributed by atoms with Gasteiger partial charge < -0.3 is 0 Å². The van der Waals surface area contributed by atoms with Gasteiger partial charge in [-0.15, -0.1) is 0 Å². The molecule has 0 atom stereocenters. The first-order chi connectivity index (χ1) is 10.4. The summed E-state index contributed by atoms with van der Waals surface area (Å²) in [5.74, 6) is 0. The molecule has 0 bridgehead atoms. The van der Waals surface area contributed by atoms with E-state index in [1.54, 1.807) is 29.4 Å². The van der Waals surface area contributed by atoms with Gasteiger partial charge in [0.1, 0.15) is 6.33 Å². The molecule has 0 saturated heterocycles. The van der Waals surface area contributed by atoms with E-state index < -0.39 is 0 Å². The van der Waals surface area contributed by atoms with Gasteiger partial charge in [-0.1, -0.05) is 71.6 Å². The standard InChI is InChI=1S/C16H11N3S2/c1-3-7-12(8-4-1)14-15(20-13-9-5-2-6-10-13)21-16-17-11-18-19(14)16/h1-11H. The molecular weight excluding hydrogens is 298 g/mol. The number of aromatic nitrogens is 3. The molecule has 2 aromatic carbocycles. The highest BCUT2D eigenvalue weighted by Crippen LogP contribution is 2.41. The molecule has 2 heterocycles. The zero-order chi connectivity index (χ0) is 14.1. The zero-order valence-electron chi connectivity index (χ0n) is 11.0. The number of thiazole rings is 1. The van der Waals surface area contributed by atoms with Crippen LogP contribution in [-0.2, 0) is 0 Å². The molecule has 0 fully saturated rings. The molecule has 21 heavy (non-hydrogen) atoms. The second-order valence-corrected chi connectivity index (χ2v) is 6.79. The highest BCUT2D eigenvalue weighted by atomic mass is 32.2. The van der Waals surface area contributed by atoms with Crippen LogP contribution in [0.3, 0.4) is 0 Å². The quantitative estimate of drug-likeness (QED) is 0.553. The van der Waals surface area contributed by atoms with Crippen LogP contribution in [0.25, 0.3) is 16.2 Å².